The van der Waals surface area contributed by atoms with Crippen molar-refractivity contribution in [2.24, 2.45) is 0 Å². The summed E-state index contributed by atoms with van der Waals surface area (Å²) in [5.74, 6) is -0.262. The third-order valence-electron chi connectivity index (χ3n) is 4.24. The highest BCUT2D eigenvalue weighted by atomic mass is 35.5. The van der Waals surface area contributed by atoms with Gasteiger partial charge < -0.3 is 10.4 Å². The van der Waals surface area contributed by atoms with Crippen LogP contribution >= 0.6 is 11.6 Å². The lowest BCUT2D eigenvalue weighted by Crippen LogP contribution is -2.10. The number of hydrogen-bond donors (Lipinski definition) is 2. The van der Waals surface area contributed by atoms with E-state index in [2.05, 4.69) is 10.3 Å². The number of rotatable bonds is 6. The number of aryl methyl sites for hydroxylation is 1. The number of halogens is 2. The molecule has 0 saturated heterocycles. The highest BCUT2D eigenvalue weighted by molar-refractivity contribution is 6.34. The molecule has 0 radical (unpaired) electrons. The van der Waals surface area contributed by atoms with Crippen molar-refractivity contribution in [1.29, 1.82) is 0 Å². The molecule has 3 nitrogen and oxygen atoms in total. The van der Waals surface area contributed by atoms with E-state index in [0.29, 0.717) is 17.0 Å². The number of para-hydroxylation sites is 1. The maximum Gasteiger partial charge on any atom is 0.128 e. The fourth-order valence-electron chi connectivity index (χ4n) is 2.92. The summed E-state index contributed by atoms with van der Waals surface area (Å²) in [6, 6.07) is 12.5. The maximum atomic E-state index is 14.3. The zero-order chi connectivity index (χ0) is 17.8. The highest BCUT2D eigenvalue weighted by Gasteiger charge is 2.15. The fraction of sp³-hybridized carbons (Fsp3) is 0.250. The van der Waals surface area contributed by atoms with E-state index in [0.717, 1.165) is 28.6 Å². The summed E-state index contributed by atoms with van der Waals surface area (Å²) >= 11 is 6.33. The largest absolute Gasteiger partial charge is 0.396 e. The van der Waals surface area contributed by atoms with Crippen LogP contribution in [0.15, 0.2) is 48.7 Å². The maximum absolute atomic E-state index is 14.3. The number of aliphatic hydroxyl groups is 1. The molecule has 0 aliphatic heterocycles. The Balaban J connectivity index is 1.93. The van der Waals surface area contributed by atoms with Gasteiger partial charge in [0.05, 0.1) is 22.3 Å². The number of fused-ring (bicyclic) bond motifs is 1. The van der Waals surface area contributed by atoms with Gasteiger partial charge in [-0.3, -0.25) is 4.98 Å². The van der Waals surface area contributed by atoms with E-state index in [1.54, 1.807) is 12.3 Å². The zero-order valence-corrected chi connectivity index (χ0v) is 14.7. The minimum absolute atomic E-state index is 0.124. The van der Waals surface area contributed by atoms with E-state index in [-0.39, 0.29) is 18.5 Å². The van der Waals surface area contributed by atoms with E-state index >= 15 is 0 Å². The summed E-state index contributed by atoms with van der Waals surface area (Å²) in [5.41, 5.74) is 3.16. The Hall–Kier alpha value is -2.17. The van der Waals surface area contributed by atoms with Gasteiger partial charge in [0.2, 0.25) is 0 Å². The Morgan fingerprint density at radius 2 is 2.04 bits per heavy atom. The summed E-state index contributed by atoms with van der Waals surface area (Å²) in [5, 5.41) is 13.7. The Kier molecular flexibility index (Phi) is 5.51. The van der Waals surface area contributed by atoms with Crippen molar-refractivity contribution >= 4 is 28.2 Å². The molecular formula is C20H20ClFN2O. The second-order valence-electron chi connectivity index (χ2n) is 6.05. The van der Waals surface area contributed by atoms with Gasteiger partial charge >= 0.3 is 0 Å². The molecule has 2 aromatic carbocycles. The molecule has 0 aliphatic rings. The first-order chi connectivity index (χ1) is 12.1. The van der Waals surface area contributed by atoms with Crippen molar-refractivity contribution in [2.75, 3.05) is 11.9 Å². The van der Waals surface area contributed by atoms with Crippen LogP contribution in [0.5, 0.6) is 0 Å². The fourth-order valence-corrected chi connectivity index (χ4v) is 3.13. The second-order valence-corrected chi connectivity index (χ2v) is 6.45. The van der Waals surface area contributed by atoms with Crippen LogP contribution in [-0.4, -0.2) is 16.7 Å². The van der Waals surface area contributed by atoms with Crippen LogP contribution in [0.2, 0.25) is 5.02 Å². The van der Waals surface area contributed by atoms with E-state index < -0.39 is 0 Å². The van der Waals surface area contributed by atoms with Gasteiger partial charge in [-0.15, -0.1) is 0 Å². The number of nitrogens with one attached hydrogen (secondary N) is 1. The van der Waals surface area contributed by atoms with Gasteiger partial charge in [0.25, 0.3) is 0 Å². The molecule has 3 rings (SSSR count). The lowest BCUT2D eigenvalue weighted by Gasteiger charge is -2.19. The lowest BCUT2D eigenvalue weighted by molar-refractivity contribution is 0.288. The first kappa shape index (κ1) is 17.6. The molecule has 25 heavy (non-hydrogen) atoms. The monoisotopic (exact) mass is 358 g/mol. The van der Waals surface area contributed by atoms with Crippen molar-refractivity contribution in [2.45, 2.75) is 25.8 Å². The first-order valence-corrected chi connectivity index (χ1v) is 8.67. The predicted molar refractivity (Wildman–Crippen MR) is 101 cm³/mol. The Bertz CT molecular complexity index is 885. The summed E-state index contributed by atoms with van der Waals surface area (Å²) in [6.07, 6.45) is 2.98. The summed E-state index contributed by atoms with van der Waals surface area (Å²) < 4.78 is 14.3. The number of aliphatic hydroxyl groups excluding tert-OH is 1. The van der Waals surface area contributed by atoms with Gasteiger partial charge in [-0.25, -0.2) is 4.39 Å². The molecule has 0 bridgehead atoms. The lowest BCUT2D eigenvalue weighted by atomic mass is 10.0. The average Bonchev–Trinajstić information content (AvgIpc) is 2.63. The number of benzene rings is 2. The van der Waals surface area contributed by atoms with E-state index in [1.807, 2.05) is 37.3 Å². The molecule has 5 heteroatoms. The van der Waals surface area contributed by atoms with Crippen molar-refractivity contribution in [1.82, 2.24) is 4.98 Å². The van der Waals surface area contributed by atoms with Crippen LogP contribution in [0.25, 0.3) is 10.9 Å². The van der Waals surface area contributed by atoms with E-state index in [4.69, 9.17) is 16.7 Å². The molecule has 2 N–H and O–H groups in total. The molecule has 3 aromatic rings. The van der Waals surface area contributed by atoms with Crippen LogP contribution in [0.3, 0.4) is 0 Å². The molecule has 1 unspecified atom stereocenters. The van der Waals surface area contributed by atoms with Crippen LogP contribution in [0, 0.1) is 5.82 Å². The van der Waals surface area contributed by atoms with Gasteiger partial charge in [0.1, 0.15) is 5.82 Å². The van der Waals surface area contributed by atoms with Gasteiger partial charge in [-0.2, -0.15) is 0 Å². The molecule has 1 atom stereocenters. The Morgan fingerprint density at radius 3 is 2.84 bits per heavy atom. The van der Waals surface area contributed by atoms with Gasteiger partial charge in [-0.1, -0.05) is 41.9 Å². The standard InChI is InChI=1S/C20H20ClFN2O/c1-13(16-11-14(5-4-10-25)8-9-18(16)22)24-20-15-6-2-3-7-19(15)23-12-17(20)21/h2-3,6-9,11-13,25H,4-5,10H2,1H3,(H,23,24). The summed E-state index contributed by atoms with van der Waals surface area (Å²) in [7, 11) is 0. The second kappa shape index (κ2) is 7.81. The van der Waals surface area contributed by atoms with Crippen molar-refractivity contribution in [3.8, 4) is 0 Å². The molecule has 0 fully saturated rings. The third-order valence-corrected chi connectivity index (χ3v) is 4.53. The van der Waals surface area contributed by atoms with Gasteiger partial charge in [0, 0.05) is 23.8 Å². The summed E-state index contributed by atoms with van der Waals surface area (Å²) in [6.45, 7) is 2.03. The predicted octanol–water partition coefficient (Wildman–Crippen LogP) is 5.13. The number of hydrogen-bond acceptors (Lipinski definition) is 3. The number of anilines is 1. The van der Waals surface area contributed by atoms with Crippen molar-refractivity contribution < 1.29 is 9.50 Å². The molecule has 1 heterocycles. The normalized spacial score (nSPS) is 12.3. The van der Waals surface area contributed by atoms with E-state index in [9.17, 15) is 4.39 Å². The van der Waals surface area contributed by atoms with Crippen LogP contribution < -0.4 is 5.32 Å². The number of pyridine rings is 1. The van der Waals surface area contributed by atoms with Gasteiger partial charge in [-0.05, 0) is 37.5 Å². The van der Waals surface area contributed by atoms with Crippen molar-refractivity contribution in [3.63, 3.8) is 0 Å². The van der Waals surface area contributed by atoms with Crippen molar-refractivity contribution in [3.05, 3.63) is 70.6 Å². The molecule has 0 amide bonds. The SMILES string of the molecule is CC(Nc1c(Cl)cnc2ccccc12)c1cc(CCCO)ccc1F. The smallest absolute Gasteiger partial charge is 0.128 e. The first-order valence-electron chi connectivity index (χ1n) is 8.29. The zero-order valence-electron chi connectivity index (χ0n) is 14.0. The molecule has 1 aromatic heterocycles. The number of nitrogens with zero attached hydrogens (tertiary/aromatic N) is 1. The molecule has 130 valence electrons. The Labute approximate surface area is 151 Å². The molecular weight excluding hydrogens is 339 g/mol. The molecule has 0 spiro atoms. The highest BCUT2D eigenvalue weighted by Crippen LogP contribution is 2.33. The third kappa shape index (κ3) is 3.91. The summed E-state index contributed by atoms with van der Waals surface area (Å²) in [4.78, 5) is 4.32. The average molecular weight is 359 g/mol. The minimum Gasteiger partial charge on any atom is -0.396 e. The van der Waals surface area contributed by atoms with Crippen LogP contribution in [0.4, 0.5) is 10.1 Å². The molecule has 0 saturated carbocycles. The minimum atomic E-state index is -0.266. The topological polar surface area (TPSA) is 45.2 Å². The number of aromatic nitrogens is 1. The van der Waals surface area contributed by atoms with E-state index in [1.165, 1.54) is 6.07 Å². The van der Waals surface area contributed by atoms with Crippen LogP contribution in [0.1, 0.15) is 30.5 Å². The molecule has 0 aliphatic carbocycles. The Morgan fingerprint density at radius 1 is 1.24 bits per heavy atom. The van der Waals surface area contributed by atoms with Gasteiger partial charge in [0.15, 0.2) is 0 Å². The quantitative estimate of drug-likeness (QED) is 0.642. The van der Waals surface area contributed by atoms with Crippen LogP contribution in [-0.2, 0) is 6.42 Å².